The predicted molar refractivity (Wildman–Crippen MR) is 102 cm³/mol. The van der Waals surface area contributed by atoms with E-state index in [4.69, 9.17) is 9.72 Å². The number of piperidine rings is 1. The van der Waals surface area contributed by atoms with Gasteiger partial charge in [0.2, 0.25) is 0 Å². The van der Waals surface area contributed by atoms with E-state index < -0.39 is 0 Å². The number of benzene rings is 1. The maximum Gasteiger partial charge on any atom is 0.138 e. The molecule has 0 radical (unpaired) electrons. The van der Waals surface area contributed by atoms with Crippen molar-refractivity contribution in [3.05, 3.63) is 72.9 Å². The van der Waals surface area contributed by atoms with Gasteiger partial charge in [-0.1, -0.05) is 24.3 Å². The van der Waals surface area contributed by atoms with Gasteiger partial charge in [-0.2, -0.15) is 0 Å². The summed E-state index contributed by atoms with van der Waals surface area (Å²) in [7, 11) is 0. The largest absolute Gasteiger partial charge is 0.492 e. The Labute approximate surface area is 154 Å². The molecule has 26 heavy (non-hydrogen) atoms. The molecule has 0 aliphatic carbocycles. The van der Waals surface area contributed by atoms with Crippen molar-refractivity contribution < 1.29 is 4.74 Å². The number of hydrogen-bond acceptors (Lipinski definition) is 4. The number of pyridine rings is 1. The number of nitrogens with zero attached hydrogens (tertiary/aromatic N) is 4. The summed E-state index contributed by atoms with van der Waals surface area (Å²) < 4.78 is 7.81. The molecule has 1 aliphatic rings. The van der Waals surface area contributed by atoms with Crippen LogP contribution >= 0.6 is 0 Å². The van der Waals surface area contributed by atoms with Gasteiger partial charge in [0.25, 0.3) is 0 Å². The Morgan fingerprint density at radius 1 is 1.08 bits per heavy atom. The molecule has 0 spiro atoms. The van der Waals surface area contributed by atoms with E-state index in [1.807, 2.05) is 47.2 Å². The third-order valence-corrected chi connectivity index (χ3v) is 4.87. The van der Waals surface area contributed by atoms with Crippen molar-refractivity contribution in [3.63, 3.8) is 0 Å². The maximum absolute atomic E-state index is 5.85. The standard InChI is InChI=1S/C21H24N4O/c1-2-7-19(8-3-1)26-15-14-24-12-5-6-18(16-24)20-9-4-10-21(23-20)25-13-11-22-17-25/h1-4,7-11,13,17-18H,5-6,12,14-16H2/t18-/m1/s1. The first kappa shape index (κ1) is 16.8. The van der Waals surface area contributed by atoms with Gasteiger partial charge in [0.1, 0.15) is 24.5 Å². The summed E-state index contributed by atoms with van der Waals surface area (Å²) in [6.45, 7) is 3.85. The minimum atomic E-state index is 0.476. The van der Waals surface area contributed by atoms with Crippen molar-refractivity contribution in [3.8, 4) is 11.6 Å². The molecule has 1 aliphatic heterocycles. The Kier molecular flexibility index (Phi) is 5.26. The van der Waals surface area contributed by atoms with Crippen molar-refractivity contribution in [1.82, 2.24) is 19.4 Å². The topological polar surface area (TPSA) is 43.2 Å². The van der Waals surface area contributed by atoms with E-state index in [-0.39, 0.29) is 0 Å². The Hall–Kier alpha value is -2.66. The van der Waals surface area contributed by atoms with Crippen molar-refractivity contribution in [1.29, 1.82) is 0 Å². The van der Waals surface area contributed by atoms with Crippen LogP contribution < -0.4 is 4.74 Å². The van der Waals surface area contributed by atoms with Crippen LogP contribution in [-0.2, 0) is 0 Å². The first-order valence-corrected chi connectivity index (χ1v) is 9.24. The number of imidazole rings is 1. The minimum absolute atomic E-state index is 0.476. The van der Waals surface area contributed by atoms with Gasteiger partial charge in [-0.25, -0.2) is 9.97 Å². The second-order valence-electron chi connectivity index (χ2n) is 6.69. The second-order valence-corrected chi connectivity index (χ2v) is 6.69. The highest BCUT2D eigenvalue weighted by Crippen LogP contribution is 2.26. The van der Waals surface area contributed by atoms with Crippen LogP contribution in [0.3, 0.4) is 0 Å². The maximum atomic E-state index is 5.85. The molecule has 1 atom stereocenters. The lowest BCUT2D eigenvalue weighted by atomic mass is 9.94. The molecular formula is C21H24N4O. The van der Waals surface area contributed by atoms with Crippen LogP contribution in [0.2, 0.25) is 0 Å². The number of ether oxygens (including phenoxy) is 1. The first-order chi connectivity index (χ1) is 12.9. The summed E-state index contributed by atoms with van der Waals surface area (Å²) in [6, 6.07) is 16.3. The third-order valence-electron chi connectivity index (χ3n) is 4.87. The lowest BCUT2D eigenvalue weighted by molar-refractivity contribution is 0.169. The molecular weight excluding hydrogens is 324 g/mol. The molecule has 0 unspecified atom stereocenters. The summed E-state index contributed by atoms with van der Waals surface area (Å²) in [4.78, 5) is 11.5. The van der Waals surface area contributed by atoms with Crippen LogP contribution in [0.15, 0.2) is 67.3 Å². The molecule has 5 nitrogen and oxygen atoms in total. The Balaban J connectivity index is 1.35. The molecule has 1 saturated heterocycles. The fourth-order valence-electron chi connectivity index (χ4n) is 3.51. The highest BCUT2D eigenvalue weighted by Gasteiger charge is 2.22. The SMILES string of the molecule is c1ccc(OCCN2CCC[C@@H](c3cccc(-n4ccnc4)n3)C2)cc1. The van der Waals surface area contributed by atoms with Gasteiger partial charge >= 0.3 is 0 Å². The lowest BCUT2D eigenvalue weighted by Gasteiger charge is -2.32. The Bertz CT molecular complexity index is 804. The van der Waals surface area contributed by atoms with Gasteiger partial charge in [-0.15, -0.1) is 0 Å². The molecule has 0 N–H and O–H groups in total. The van der Waals surface area contributed by atoms with E-state index in [0.29, 0.717) is 5.92 Å². The van der Waals surface area contributed by atoms with Crippen LogP contribution in [0.25, 0.3) is 5.82 Å². The molecule has 1 aromatic carbocycles. The average Bonchev–Trinajstić information content (AvgIpc) is 3.24. The van der Waals surface area contributed by atoms with Gasteiger partial charge in [-0.3, -0.25) is 9.47 Å². The molecule has 1 fully saturated rings. The van der Waals surface area contributed by atoms with E-state index in [9.17, 15) is 0 Å². The fraction of sp³-hybridized carbons (Fsp3) is 0.333. The molecule has 0 amide bonds. The van der Waals surface area contributed by atoms with Crippen LogP contribution in [0.1, 0.15) is 24.5 Å². The molecule has 134 valence electrons. The van der Waals surface area contributed by atoms with Gasteiger partial charge in [0.15, 0.2) is 0 Å². The zero-order valence-electron chi connectivity index (χ0n) is 14.9. The molecule has 0 bridgehead atoms. The third kappa shape index (κ3) is 4.11. The number of aromatic nitrogens is 3. The van der Waals surface area contributed by atoms with E-state index in [1.165, 1.54) is 18.5 Å². The molecule has 5 heteroatoms. The van der Waals surface area contributed by atoms with Gasteiger partial charge < -0.3 is 4.74 Å². The highest BCUT2D eigenvalue weighted by molar-refractivity contribution is 5.26. The number of para-hydroxylation sites is 1. The van der Waals surface area contributed by atoms with Crippen molar-refractivity contribution in [2.24, 2.45) is 0 Å². The van der Waals surface area contributed by atoms with Crippen LogP contribution in [0.4, 0.5) is 0 Å². The van der Waals surface area contributed by atoms with E-state index >= 15 is 0 Å². The molecule has 4 rings (SSSR count). The number of rotatable bonds is 6. The zero-order chi connectivity index (χ0) is 17.6. The smallest absolute Gasteiger partial charge is 0.138 e. The van der Waals surface area contributed by atoms with Crippen molar-refractivity contribution in [2.45, 2.75) is 18.8 Å². The first-order valence-electron chi connectivity index (χ1n) is 9.24. The molecule has 2 aromatic heterocycles. The summed E-state index contributed by atoms with van der Waals surface area (Å²) in [5, 5.41) is 0. The fourth-order valence-corrected chi connectivity index (χ4v) is 3.51. The predicted octanol–water partition coefficient (Wildman–Crippen LogP) is 3.53. The molecule has 3 aromatic rings. The quantitative estimate of drug-likeness (QED) is 0.683. The van der Waals surface area contributed by atoms with E-state index in [2.05, 4.69) is 22.0 Å². The summed E-state index contributed by atoms with van der Waals surface area (Å²) in [5.41, 5.74) is 1.17. The van der Waals surface area contributed by atoms with Gasteiger partial charge in [-0.05, 0) is 43.7 Å². The van der Waals surface area contributed by atoms with Crippen molar-refractivity contribution >= 4 is 0 Å². The zero-order valence-corrected chi connectivity index (χ0v) is 14.9. The Morgan fingerprint density at radius 2 is 2.00 bits per heavy atom. The summed E-state index contributed by atoms with van der Waals surface area (Å²) >= 11 is 0. The van der Waals surface area contributed by atoms with Crippen molar-refractivity contribution in [2.75, 3.05) is 26.2 Å². The molecule has 3 heterocycles. The van der Waals surface area contributed by atoms with Gasteiger partial charge in [0, 0.05) is 37.1 Å². The summed E-state index contributed by atoms with van der Waals surface area (Å²) in [5.74, 6) is 2.35. The second kappa shape index (κ2) is 8.15. The average molecular weight is 348 g/mol. The minimum Gasteiger partial charge on any atom is -0.492 e. The van der Waals surface area contributed by atoms with Crippen LogP contribution in [-0.4, -0.2) is 45.7 Å². The summed E-state index contributed by atoms with van der Waals surface area (Å²) in [6.07, 6.45) is 7.90. The van der Waals surface area contributed by atoms with Crippen LogP contribution in [0, 0.1) is 0 Å². The normalized spacial score (nSPS) is 17.9. The van der Waals surface area contributed by atoms with Crippen LogP contribution in [0.5, 0.6) is 5.75 Å². The number of hydrogen-bond donors (Lipinski definition) is 0. The number of likely N-dealkylation sites (tertiary alicyclic amines) is 1. The van der Waals surface area contributed by atoms with Gasteiger partial charge in [0.05, 0.1) is 0 Å². The monoisotopic (exact) mass is 348 g/mol. The van der Waals surface area contributed by atoms with E-state index in [1.54, 1.807) is 12.5 Å². The Morgan fingerprint density at radius 3 is 2.85 bits per heavy atom. The lowest BCUT2D eigenvalue weighted by Crippen LogP contribution is -2.37. The highest BCUT2D eigenvalue weighted by atomic mass is 16.5. The molecule has 0 saturated carbocycles. The van der Waals surface area contributed by atoms with E-state index in [0.717, 1.165) is 37.8 Å².